The van der Waals surface area contributed by atoms with Crippen LogP contribution in [0.2, 0.25) is 0 Å². The van der Waals surface area contributed by atoms with Crippen LogP contribution in [0.4, 0.5) is 4.79 Å². The van der Waals surface area contributed by atoms with Crippen molar-refractivity contribution in [1.82, 2.24) is 19.7 Å². The first-order valence-corrected chi connectivity index (χ1v) is 9.30. The first-order valence-electron chi connectivity index (χ1n) is 9.30. The number of aromatic nitrogens is 3. The van der Waals surface area contributed by atoms with Crippen LogP contribution in [-0.2, 0) is 20.7 Å². The smallest absolute Gasteiger partial charge is 0.412 e. The summed E-state index contributed by atoms with van der Waals surface area (Å²) in [5.41, 5.74) is 2.18. The summed E-state index contributed by atoms with van der Waals surface area (Å²) in [5, 5.41) is 14.3. The van der Waals surface area contributed by atoms with E-state index in [1.807, 2.05) is 12.1 Å². The molecule has 10 nitrogen and oxygen atoms in total. The monoisotopic (exact) mass is 423 g/mol. The van der Waals surface area contributed by atoms with Crippen LogP contribution in [0.25, 0.3) is 11.4 Å². The summed E-state index contributed by atoms with van der Waals surface area (Å²) in [6.45, 7) is 0. The maximum Gasteiger partial charge on any atom is 0.412 e. The highest BCUT2D eigenvalue weighted by Gasteiger charge is 2.11. The lowest BCUT2D eigenvalue weighted by molar-refractivity contribution is -0.140. The molecular formula is C21H21N5O5. The third kappa shape index (κ3) is 5.04. The van der Waals surface area contributed by atoms with Crippen LogP contribution < -0.4 is 11.0 Å². The molecule has 1 heterocycles. The Balaban J connectivity index is 1.75. The van der Waals surface area contributed by atoms with Gasteiger partial charge in [0, 0.05) is 12.0 Å². The van der Waals surface area contributed by atoms with E-state index in [9.17, 15) is 14.4 Å². The van der Waals surface area contributed by atoms with Crippen molar-refractivity contribution in [3.63, 3.8) is 0 Å². The number of carbonyl (C=O) groups is 2. The van der Waals surface area contributed by atoms with E-state index in [4.69, 9.17) is 5.41 Å². The molecule has 3 aromatic rings. The molecule has 0 aliphatic carbocycles. The summed E-state index contributed by atoms with van der Waals surface area (Å²) in [6.07, 6.45) is 1.52. The van der Waals surface area contributed by atoms with E-state index in [0.29, 0.717) is 23.4 Å². The second kappa shape index (κ2) is 9.53. The van der Waals surface area contributed by atoms with Gasteiger partial charge in [-0.25, -0.2) is 14.2 Å². The number of nitrogens with zero attached hydrogens (tertiary/aromatic N) is 3. The Morgan fingerprint density at radius 3 is 2.26 bits per heavy atom. The van der Waals surface area contributed by atoms with Gasteiger partial charge < -0.3 is 9.47 Å². The SMILES string of the molecule is COC(=O)CCc1ccc(-n2cnn(-c3ccc(C(=N)NC(=O)OC)cc3)c2=O)cc1. The number of amidine groups is 1. The van der Waals surface area contributed by atoms with Gasteiger partial charge in [-0.3, -0.25) is 15.5 Å². The molecule has 1 aromatic heterocycles. The molecule has 1 amide bonds. The van der Waals surface area contributed by atoms with Gasteiger partial charge in [-0.1, -0.05) is 12.1 Å². The molecule has 0 saturated carbocycles. The first kappa shape index (κ1) is 21.5. The molecule has 2 aromatic carbocycles. The van der Waals surface area contributed by atoms with E-state index in [2.05, 4.69) is 19.9 Å². The van der Waals surface area contributed by atoms with Crippen LogP contribution in [0.5, 0.6) is 0 Å². The summed E-state index contributed by atoms with van der Waals surface area (Å²) in [4.78, 5) is 35.3. The molecule has 0 unspecified atom stereocenters. The average Bonchev–Trinajstić information content (AvgIpc) is 3.18. The van der Waals surface area contributed by atoms with Crippen LogP contribution in [-0.4, -0.2) is 46.5 Å². The maximum atomic E-state index is 12.8. The molecule has 0 atom stereocenters. The molecule has 0 aliphatic heterocycles. The van der Waals surface area contributed by atoms with Gasteiger partial charge in [0.2, 0.25) is 0 Å². The van der Waals surface area contributed by atoms with Crippen molar-refractivity contribution in [2.75, 3.05) is 14.2 Å². The Labute approximate surface area is 177 Å². The number of nitrogens with one attached hydrogen (secondary N) is 2. The van der Waals surface area contributed by atoms with Gasteiger partial charge in [-0.15, -0.1) is 0 Å². The molecule has 0 aliphatic rings. The average molecular weight is 423 g/mol. The summed E-state index contributed by atoms with van der Waals surface area (Å²) < 4.78 is 11.7. The highest BCUT2D eigenvalue weighted by molar-refractivity contribution is 6.04. The standard InChI is InChI=1S/C21H21N5O5/c1-30-18(27)12-5-14-3-8-16(9-4-14)25-13-23-26(21(25)29)17-10-6-15(7-11-17)19(22)24-20(28)31-2/h3-4,6-11,13H,5,12H2,1-2H3,(H2,22,24,28). The number of ether oxygens (including phenoxy) is 2. The van der Waals surface area contributed by atoms with Crippen LogP contribution in [0.15, 0.2) is 59.7 Å². The zero-order valence-corrected chi connectivity index (χ0v) is 17.0. The molecule has 31 heavy (non-hydrogen) atoms. The number of aryl methyl sites for hydroxylation is 1. The number of amides is 1. The van der Waals surface area contributed by atoms with Crippen molar-refractivity contribution in [1.29, 1.82) is 5.41 Å². The Morgan fingerprint density at radius 2 is 1.65 bits per heavy atom. The second-order valence-electron chi connectivity index (χ2n) is 6.48. The van der Waals surface area contributed by atoms with Crippen molar-refractivity contribution in [2.24, 2.45) is 0 Å². The van der Waals surface area contributed by atoms with E-state index in [1.165, 1.54) is 29.8 Å². The summed E-state index contributed by atoms with van der Waals surface area (Å²) in [7, 11) is 2.57. The molecule has 0 bridgehead atoms. The Hall–Kier alpha value is -4.21. The van der Waals surface area contributed by atoms with E-state index in [0.717, 1.165) is 5.56 Å². The predicted molar refractivity (Wildman–Crippen MR) is 112 cm³/mol. The number of alkyl carbamates (subject to hydrolysis) is 1. The Kier molecular flexibility index (Phi) is 6.61. The highest BCUT2D eigenvalue weighted by atomic mass is 16.5. The van der Waals surface area contributed by atoms with Crippen molar-refractivity contribution < 1.29 is 19.1 Å². The van der Waals surface area contributed by atoms with Gasteiger partial charge in [-0.05, 0) is 48.4 Å². The summed E-state index contributed by atoms with van der Waals surface area (Å²) in [5.74, 6) is -0.396. The Morgan fingerprint density at radius 1 is 1.00 bits per heavy atom. The number of rotatable bonds is 6. The van der Waals surface area contributed by atoms with Crippen LogP contribution in [0, 0.1) is 5.41 Å². The number of methoxy groups -OCH3 is 2. The molecule has 0 fully saturated rings. The number of esters is 1. The fourth-order valence-electron chi connectivity index (χ4n) is 2.82. The number of hydrogen-bond acceptors (Lipinski definition) is 7. The van der Waals surface area contributed by atoms with E-state index in [-0.39, 0.29) is 23.9 Å². The molecule has 3 rings (SSSR count). The van der Waals surface area contributed by atoms with Gasteiger partial charge in [0.15, 0.2) is 0 Å². The number of hydrogen-bond donors (Lipinski definition) is 2. The van der Waals surface area contributed by atoms with Crippen molar-refractivity contribution >= 4 is 17.9 Å². The topological polar surface area (TPSA) is 128 Å². The fraction of sp³-hybridized carbons (Fsp3) is 0.190. The Bertz CT molecular complexity index is 1150. The van der Waals surface area contributed by atoms with Gasteiger partial charge >= 0.3 is 17.8 Å². The van der Waals surface area contributed by atoms with E-state index in [1.54, 1.807) is 36.4 Å². The minimum atomic E-state index is -0.736. The molecular weight excluding hydrogens is 402 g/mol. The summed E-state index contributed by atoms with van der Waals surface area (Å²) >= 11 is 0. The zero-order chi connectivity index (χ0) is 22.4. The molecule has 2 N–H and O–H groups in total. The van der Waals surface area contributed by atoms with Gasteiger partial charge in [0.25, 0.3) is 0 Å². The quantitative estimate of drug-likeness (QED) is 0.354. The lowest BCUT2D eigenvalue weighted by Crippen LogP contribution is -2.30. The largest absolute Gasteiger partial charge is 0.469 e. The van der Waals surface area contributed by atoms with Gasteiger partial charge in [0.1, 0.15) is 12.2 Å². The predicted octanol–water partition coefficient (Wildman–Crippen LogP) is 1.81. The normalized spacial score (nSPS) is 10.4. The maximum absolute atomic E-state index is 12.8. The molecule has 0 radical (unpaired) electrons. The van der Waals surface area contributed by atoms with E-state index >= 15 is 0 Å². The zero-order valence-electron chi connectivity index (χ0n) is 17.0. The van der Waals surface area contributed by atoms with Crippen molar-refractivity contribution in [3.8, 4) is 11.4 Å². The lowest BCUT2D eigenvalue weighted by Gasteiger charge is -2.06. The van der Waals surface area contributed by atoms with Crippen molar-refractivity contribution in [2.45, 2.75) is 12.8 Å². The first-order chi connectivity index (χ1) is 14.9. The third-order valence-corrected chi connectivity index (χ3v) is 4.54. The highest BCUT2D eigenvalue weighted by Crippen LogP contribution is 2.11. The molecule has 0 saturated heterocycles. The number of carbonyl (C=O) groups excluding carboxylic acids is 2. The molecule has 10 heteroatoms. The summed E-state index contributed by atoms with van der Waals surface area (Å²) in [6, 6.07) is 13.7. The third-order valence-electron chi connectivity index (χ3n) is 4.54. The van der Waals surface area contributed by atoms with Gasteiger partial charge in [-0.2, -0.15) is 9.78 Å². The van der Waals surface area contributed by atoms with Gasteiger partial charge in [0.05, 0.1) is 25.6 Å². The van der Waals surface area contributed by atoms with Crippen LogP contribution in [0.1, 0.15) is 17.5 Å². The second-order valence-corrected chi connectivity index (χ2v) is 6.48. The van der Waals surface area contributed by atoms with E-state index < -0.39 is 6.09 Å². The molecule has 160 valence electrons. The molecule has 0 spiro atoms. The van der Waals surface area contributed by atoms with Crippen LogP contribution >= 0.6 is 0 Å². The van der Waals surface area contributed by atoms with Crippen molar-refractivity contribution in [3.05, 3.63) is 76.5 Å². The minimum absolute atomic E-state index is 0.122. The van der Waals surface area contributed by atoms with Crippen LogP contribution in [0.3, 0.4) is 0 Å². The number of benzene rings is 2. The minimum Gasteiger partial charge on any atom is -0.469 e. The lowest BCUT2D eigenvalue weighted by atomic mass is 10.1. The fourth-order valence-corrected chi connectivity index (χ4v) is 2.82.